The third-order valence-electron chi connectivity index (χ3n) is 2.69. The highest BCUT2D eigenvalue weighted by molar-refractivity contribution is 7.14. The monoisotopic (exact) mass is 235 g/mol. The van der Waals surface area contributed by atoms with Crippen LogP contribution in [-0.2, 0) is 4.79 Å². The Labute approximate surface area is 98.3 Å². The van der Waals surface area contributed by atoms with Crippen molar-refractivity contribution in [1.82, 2.24) is 5.32 Å². The first-order chi connectivity index (χ1) is 7.81. The normalized spacial score (nSPS) is 20.1. The molecule has 0 spiro atoms. The molecule has 2 rings (SSSR count). The zero-order valence-electron chi connectivity index (χ0n) is 8.82. The lowest BCUT2D eigenvalue weighted by Gasteiger charge is -2.21. The molecule has 2 heterocycles. The Kier molecular flexibility index (Phi) is 3.54. The maximum absolute atomic E-state index is 11.9. The maximum atomic E-state index is 11.9. The number of nitrogens with zero attached hydrogens (tertiary/aromatic N) is 1. The second kappa shape index (κ2) is 5.10. The van der Waals surface area contributed by atoms with E-state index in [9.17, 15) is 4.79 Å². The molecule has 0 saturated carbocycles. The van der Waals surface area contributed by atoms with Gasteiger partial charge in [0.05, 0.1) is 11.5 Å². The van der Waals surface area contributed by atoms with Crippen LogP contribution in [0.15, 0.2) is 11.4 Å². The second-order valence-electron chi connectivity index (χ2n) is 3.81. The minimum Gasteiger partial charge on any atom is -0.316 e. The first-order valence-electron chi connectivity index (χ1n) is 5.30. The van der Waals surface area contributed by atoms with Crippen molar-refractivity contribution in [1.29, 1.82) is 5.26 Å². The molecule has 1 aromatic rings. The van der Waals surface area contributed by atoms with Gasteiger partial charge in [-0.25, -0.2) is 0 Å². The van der Waals surface area contributed by atoms with E-state index in [0.29, 0.717) is 10.6 Å². The molecule has 0 unspecified atom stereocenters. The highest BCUT2D eigenvalue weighted by Gasteiger charge is 2.21. The number of hydrogen-bond donors (Lipinski definition) is 2. The average molecular weight is 235 g/mol. The lowest BCUT2D eigenvalue weighted by Crippen LogP contribution is -2.37. The fourth-order valence-electron chi connectivity index (χ4n) is 1.78. The maximum Gasteiger partial charge on any atom is 0.229 e. The van der Waals surface area contributed by atoms with Gasteiger partial charge in [0.25, 0.3) is 0 Å². The number of carbonyl (C=O) groups excluding carboxylic acids is 1. The number of carbonyl (C=O) groups is 1. The first-order valence-corrected chi connectivity index (χ1v) is 6.18. The topological polar surface area (TPSA) is 64.9 Å². The molecule has 0 bridgehead atoms. The van der Waals surface area contributed by atoms with E-state index in [1.54, 1.807) is 6.07 Å². The van der Waals surface area contributed by atoms with E-state index in [4.69, 9.17) is 5.26 Å². The predicted octanol–water partition coefficient (Wildman–Crippen LogP) is 1.56. The van der Waals surface area contributed by atoms with Gasteiger partial charge in [0.1, 0.15) is 11.1 Å². The summed E-state index contributed by atoms with van der Waals surface area (Å²) in [4.78, 5) is 11.9. The molecular weight excluding hydrogens is 222 g/mol. The summed E-state index contributed by atoms with van der Waals surface area (Å²) in [6, 6.07) is 3.79. The van der Waals surface area contributed by atoms with Crippen molar-refractivity contribution in [3.63, 3.8) is 0 Å². The average Bonchev–Trinajstić information content (AvgIpc) is 2.77. The summed E-state index contributed by atoms with van der Waals surface area (Å²) in [6.07, 6.45) is 1.96. The number of rotatable bonds is 2. The number of piperidine rings is 1. The number of thiophene rings is 1. The van der Waals surface area contributed by atoms with E-state index >= 15 is 0 Å². The molecule has 0 aliphatic carbocycles. The van der Waals surface area contributed by atoms with Crippen molar-refractivity contribution in [2.24, 2.45) is 5.92 Å². The standard InChI is InChI=1S/C11H13N3OS/c12-6-8-3-5-16-11(8)14-10(15)9-2-1-4-13-7-9/h3,5,9,13H,1-2,4,7H2,(H,14,15)/t9-/m0/s1. The molecule has 0 radical (unpaired) electrons. The van der Waals surface area contributed by atoms with Crippen LogP contribution >= 0.6 is 11.3 Å². The van der Waals surface area contributed by atoms with E-state index in [0.717, 1.165) is 25.9 Å². The van der Waals surface area contributed by atoms with Gasteiger partial charge in [-0.05, 0) is 30.8 Å². The van der Waals surface area contributed by atoms with Gasteiger partial charge >= 0.3 is 0 Å². The summed E-state index contributed by atoms with van der Waals surface area (Å²) in [5.41, 5.74) is 0.544. The van der Waals surface area contributed by atoms with Crippen LogP contribution in [0.25, 0.3) is 0 Å². The molecule has 1 aromatic heterocycles. The summed E-state index contributed by atoms with van der Waals surface area (Å²) in [5, 5.41) is 17.3. The molecule has 1 amide bonds. The molecule has 1 saturated heterocycles. The summed E-state index contributed by atoms with van der Waals surface area (Å²) in [5.74, 6) is 0.0496. The second-order valence-corrected chi connectivity index (χ2v) is 4.72. The highest BCUT2D eigenvalue weighted by atomic mass is 32.1. The molecule has 0 aromatic carbocycles. The van der Waals surface area contributed by atoms with Gasteiger partial charge in [0.2, 0.25) is 5.91 Å². The SMILES string of the molecule is N#Cc1ccsc1NC(=O)[C@H]1CCCNC1. The quantitative estimate of drug-likeness (QED) is 0.817. The summed E-state index contributed by atoms with van der Waals surface area (Å²) in [7, 11) is 0. The van der Waals surface area contributed by atoms with Crippen LogP contribution in [0.4, 0.5) is 5.00 Å². The third kappa shape index (κ3) is 2.40. The fraction of sp³-hybridized carbons (Fsp3) is 0.455. The molecular formula is C11H13N3OS. The van der Waals surface area contributed by atoms with Crippen molar-refractivity contribution < 1.29 is 4.79 Å². The Bertz CT molecular complexity index is 415. The van der Waals surface area contributed by atoms with E-state index in [1.165, 1.54) is 11.3 Å². The fourth-order valence-corrected chi connectivity index (χ4v) is 2.52. The summed E-state index contributed by atoms with van der Waals surface area (Å²) in [6.45, 7) is 1.73. The van der Waals surface area contributed by atoms with Crippen molar-refractivity contribution >= 4 is 22.2 Å². The zero-order chi connectivity index (χ0) is 11.4. The smallest absolute Gasteiger partial charge is 0.229 e. The highest BCUT2D eigenvalue weighted by Crippen LogP contribution is 2.23. The van der Waals surface area contributed by atoms with E-state index in [2.05, 4.69) is 16.7 Å². The van der Waals surface area contributed by atoms with Crippen LogP contribution in [0.1, 0.15) is 18.4 Å². The first kappa shape index (κ1) is 11.1. The molecule has 84 valence electrons. The molecule has 1 aliphatic rings. The van der Waals surface area contributed by atoms with E-state index in [-0.39, 0.29) is 11.8 Å². The zero-order valence-corrected chi connectivity index (χ0v) is 9.64. The Morgan fingerprint density at radius 1 is 1.69 bits per heavy atom. The molecule has 1 fully saturated rings. The molecule has 2 N–H and O–H groups in total. The number of anilines is 1. The van der Waals surface area contributed by atoms with Crippen LogP contribution in [0.3, 0.4) is 0 Å². The molecule has 4 nitrogen and oxygen atoms in total. The van der Waals surface area contributed by atoms with Gasteiger partial charge in [-0.3, -0.25) is 4.79 Å². The van der Waals surface area contributed by atoms with Gasteiger partial charge in [-0.2, -0.15) is 5.26 Å². The van der Waals surface area contributed by atoms with Crippen molar-refractivity contribution in [2.45, 2.75) is 12.8 Å². The van der Waals surface area contributed by atoms with Crippen molar-refractivity contribution in [2.75, 3.05) is 18.4 Å². The van der Waals surface area contributed by atoms with Crippen LogP contribution < -0.4 is 10.6 Å². The van der Waals surface area contributed by atoms with Crippen molar-refractivity contribution in [3.8, 4) is 6.07 Å². The van der Waals surface area contributed by atoms with Crippen LogP contribution in [0, 0.1) is 17.2 Å². The van der Waals surface area contributed by atoms with Gasteiger partial charge in [-0.15, -0.1) is 11.3 Å². The summed E-state index contributed by atoms with van der Waals surface area (Å²) < 4.78 is 0. The lowest BCUT2D eigenvalue weighted by atomic mass is 9.99. The Morgan fingerprint density at radius 3 is 3.25 bits per heavy atom. The minimum atomic E-state index is 0.0196. The predicted molar refractivity (Wildman–Crippen MR) is 63.3 cm³/mol. The van der Waals surface area contributed by atoms with E-state index < -0.39 is 0 Å². The number of hydrogen-bond acceptors (Lipinski definition) is 4. The molecule has 1 aliphatic heterocycles. The summed E-state index contributed by atoms with van der Waals surface area (Å²) >= 11 is 1.39. The minimum absolute atomic E-state index is 0.0196. The van der Waals surface area contributed by atoms with Gasteiger partial charge in [0, 0.05) is 6.54 Å². The van der Waals surface area contributed by atoms with Crippen molar-refractivity contribution in [3.05, 3.63) is 17.0 Å². The Hall–Kier alpha value is -1.38. The lowest BCUT2D eigenvalue weighted by molar-refractivity contribution is -0.120. The molecule has 16 heavy (non-hydrogen) atoms. The number of nitriles is 1. The van der Waals surface area contributed by atoms with Gasteiger partial charge in [0.15, 0.2) is 0 Å². The van der Waals surface area contributed by atoms with Gasteiger partial charge < -0.3 is 10.6 Å². The third-order valence-corrected chi connectivity index (χ3v) is 3.52. The number of nitrogens with one attached hydrogen (secondary N) is 2. The number of amides is 1. The van der Waals surface area contributed by atoms with Gasteiger partial charge in [-0.1, -0.05) is 0 Å². The Morgan fingerprint density at radius 2 is 2.56 bits per heavy atom. The van der Waals surface area contributed by atoms with Crippen LogP contribution in [-0.4, -0.2) is 19.0 Å². The largest absolute Gasteiger partial charge is 0.316 e. The van der Waals surface area contributed by atoms with E-state index in [1.807, 2.05) is 5.38 Å². The van der Waals surface area contributed by atoms with Crippen LogP contribution in [0.2, 0.25) is 0 Å². The Balaban J connectivity index is 1.99. The molecule has 5 heteroatoms. The molecule has 1 atom stereocenters. The van der Waals surface area contributed by atoms with Crippen LogP contribution in [0.5, 0.6) is 0 Å².